The molecular weight excluding hydrogens is 478 g/mol. The number of aryl methyl sites for hydroxylation is 1. The molecule has 2 fully saturated rings. The fourth-order valence-corrected chi connectivity index (χ4v) is 5.19. The van der Waals surface area contributed by atoms with E-state index in [4.69, 9.17) is 14.5 Å². The van der Waals surface area contributed by atoms with Crippen LogP contribution < -0.4 is 4.74 Å². The van der Waals surface area contributed by atoms with Gasteiger partial charge in [-0.2, -0.15) is 5.10 Å². The van der Waals surface area contributed by atoms with Gasteiger partial charge in [-0.15, -0.1) is 0 Å². The minimum absolute atomic E-state index is 0.0553. The van der Waals surface area contributed by atoms with Gasteiger partial charge in [0.25, 0.3) is 0 Å². The number of hydrogen-bond acceptors (Lipinski definition) is 6. The zero-order valence-corrected chi connectivity index (χ0v) is 20.1. The Morgan fingerprint density at radius 2 is 1.95 bits per heavy atom. The van der Waals surface area contributed by atoms with Gasteiger partial charge in [0.15, 0.2) is 0 Å². The number of benzene rings is 2. The van der Waals surface area contributed by atoms with Crippen molar-refractivity contribution >= 4 is 22.1 Å². The van der Waals surface area contributed by atoms with E-state index >= 15 is 0 Å². The van der Waals surface area contributed by atoms with Gasteiger partial charge in [-0.1, -0.05) is 0 Å². The largest absolute Gasteiger partial charge is 0.457 e. The first-order valence-corrected chi connectivity index (χ1v) is 12.3. The van der Waals surface area contributed by atoms with Crippen LogP contribution >= 0.6 is 0 Å². The maximum atomic E-state index is 13.2. The normalized spacial score (nSPS) is 17.7. The van der Waals surface area contributed by atoms with Crippen molar-refractivity contribution in [3.8, 4) is 22.8 Å². The van der Waals surface area contributed by atoms with E-state index in [1.165, 1.54) is 0 Å². The third-order valence-electron chi connectivity index (χ3n) is 7.11. The van der Waals surface area contributed by atoms with Crippen LogP contribution in [-0.2, 0) is 11.3 Å². The zero-order chi connectivity index (χ0) is 25.1. The topological polar surface area (TPSA) is 90.7 Å². The molecule has 1 aliphatic carbocycles. The van der Waals surface area contributed by atoms with Crippen LogP contribution in [0.1, 0.15) is 30.1 Å². The number of imidazole rings is 1. The highest BCUT2D eigenvalue weighted by Gasteiger charge is 2.45. The van der Waals surface area contributed by atoms with E-state index in [1.54, 1.807) is 17.1 Å². The Morgan fingerprint density at radius 1 is 1.11 bits per heavy atom. The van der Waals surface area contributed by atoms with E-state index in [2.05, 4.69) is 20.1 Å². The summed E-state index contributed by atoms with van der Waals surface area (Å²) in [6.45, 7) is 3.57. The van der Waals surface area contributed by atoms with Gasteiger partial charge < -0.3 is 14.5 Å². The summed E-state index contributed by atoms with van der Waals surface area (Å²) < 4.78 is 40.0. The number of fused-ring (bicyclic) bond motifs is 2. The first-order valence-electron chi connectivity index (χ1n) is 12.3. The van der Waals surface area contributed by atoms with Gasteiger partial charge in [0, 0.05) is 48.7 Å². The molecular formula is C27H24F2N6O2. The molecule has 5 aromatic rings. The van der Waals surface area contributed by atoms with Crippen LogP contribution in [0.2, 0.25) is 0 Å². The highest BCUT2D eigenvalue weighted by molar-refractivity contribution is 5.84. The Morgan fingerprint density at radius 3 is 2.73 bits per heavy atom. The molecule has 1 N–H and O–H groups in total. The van der Waals surface area contributed by atoms with E-state index in [1.807, 2.05) is 43.5 Å². The molecule has 188 valence electrons. The average Bonchev–Trinajstić information content (AvgIpc) is 3.43. The molecule has 0 atom stereocenters. The molecule has 1 saturated heterocycles. The lowest BCUT2D eigenvalue weighted by molar-refractivity contribution is -0.114. The van der Waals surface area contributed by atoms with E-state index < -0.39 is 5.92 Å². The molecule has 10 heteroatoms. The third kappa shape index (κ3) is 4.11. The molecule has 7 rings (SSSR count). The summed E-state index contributed by atoms with van der Waals surface area (Å²) in [4.78, 5) is 17.3. The molecule has 0 radical (unpaired) electrons. The lowest BCUT2D eigenvalue weighted by Gasteiger charge is -2.34. The molecule has 3 aromatic heterocycles. The molecule has 8 nitrogen and oxygen atoms in total. The molecule has 0 bridgehead atoms. The number of halogens is 2. The number of H-pyrrole nitrogens is 1. The van der Waals surface area contributed by atoms with Crippen molar-refractivity contribution in [2.24, 2.45) is 5.92 Å². The highest BCUT2D eigenvalue weighted by Crippen LogP contribution is 2.43. The molecule has 0 amide bonds. The fraction of sp³-hybridized carbons (Fsp3) is 0.333. The number of aromatic amines is 1. The first kappa shape index (κ1) is 22.3. The maximum absolute atomic E-state index is 13.2. The third-order valence-corrected chi connectivity index (χ3v) is 7.11. The minimum atomic E-state index is -2.53. The van der Waals surface area contributed by atoms with Crippen LogP contribution in [0.25, 0.3) is 33.3 Å². The second kappa shape index (κ2) is 8.31. The van der Waals surface area contributed by atoms with E-state index in [-0.39, 0.29) is 24.7 Å². The molecule has 4 heterocycles. The maximum Gasteiger partial charge on any atom is 0.248 e. The van der Waals surface area contributed by atoms with Crippen molar-refractivity contribution in [2.75, 3.05) is 13.2 Å². The quantitative estimate of drug-likeness (QED) is 0.324. The van der Waals surface area contributed by atoms with E-state index in [0.717, 1.165) is 39.0 Å². The molecule has 0 spiro atoms. The Hall–Kier alpha value is -3.92. The zero-order valence-electron chi connectivity index (χ0n) is 20.1. The predicted molar refractivity (Wildman–Crippen MR) is 133 cm³/mol. The van der Waals surface area contributed by atoms with Crippen molar-refractivity contribution in [3.05, 3.63) is 60.3 Å². The molecule has 0 unspecified atom stereocenters. The summed E-state index contributed by atoms with van der Waals surface area (Å²) in [6.07, 6.45) is 5.11. The molecule has 1 saturated carbocycles. The van der Waals surface area contributed by atoms with E-state index in [9.17, 15) is 8.78 Å². The van der Waals surface area contributed by atoms with Crippen molar-refractivity contribution in [1.29, 1.82) is 0 Å². The summed E-state index contributed by atoms with van der Waals surface area (Å²) in [7, 11) is 0. The standard InChI is InChI=1S/C27H24F2N6O2/c1-15-32-20-3-2-19(6-22(20)33-15)37-24-5-4-21-26(25(24)18-13-36-14-18)34-23(10-30-21)17-9-31-35(12-17)11-16-7-27(28,29)8-16/h2-6,9-10,12,16,18H,7-8,11,13-14H2,1H3,(H,32,33). The van der Waals surface area contributed by atoms with Crippen LogP contribution in [0.3, 0.4) is 0 Å². The smallest absolute Gasteiger partial charge is 0.248 e. The molecule has 1 aliphatic heterocycles. The second-order valence-electron chi connectivity index (χ2n) is 10.0. The lowest BCUT2D eigenvalue weighted by atomic mass is 9.81. The van der Waals surface area contributed by atoms with E-state index in [0.29, 0.717) is 37.0 Å². The van der Waals surface area contributed by atoms with Crippen LogP contribution in [-0.4, -0.2) is 48.9 Å². The van der Waals surface area contributed by atoms with Crippen molar-refractivity contribution in [3.63, 3.8) is 0 Å². The second-order valence-corrected chi connectivity index (χ2v) is 10.0. The Labute approximate surface area is 210 Å². The summed E-state index contributed by atoms with van der Waals surface area (Å²) in [6, 6.07) is 9.61. The predicted octanol–water partition coefficient (Wildman–Crippen LogP) is 5.63. The minimum Gasteiger partial charge on any atom is -0.457 e. The molecule has 2 aliphatic rings. The number of hydrogen-bond donors (Lipinski definition) is 1. The van der Waals surface area contributed by atoms with Crippen molar-refractivity contribution < 1.29 is 18.3 Å². The fourth-order valence-electron chi connectivity index (χ4n) is 5.19. The number of aromatic nitrogens is 6. The highest BCUT2D eigenvalue weighted by atomic mass is 19.3. The van der Waals surface area contributed by atoms with Gasteiger partial charge in [-0.05, 0) is 37.1 Å². The van der Waals surface area contributed by atoms with Crippen LogP contribution in [0.5, 0.6) is 11.5 Å². The van der Waals surface area contributed by atoms with Crippen LogP contribution in [0.15, 0.2) is 48.9 Å². The SMILES string of the molecule is Cc1nc2ccc(Oc3ccc4ncc(-c5cnn(CC6CC(F)(F)C6)c5)nc4c3C3COC3)cc2[nH]1. The van der Waals surface area contributed by atoms with Gasteiger partial charge in [-0.3, -0.25) is 9.67 Å². The first-order chi connectivity index (χ1) is 17.9. The monoisotopic (exact) mass is 502 g/mol. The average molecular weight is 503 g/mol. The number of nitrogens with zero attached hydrogens (tertiary/aromatic N) is 5. The van der Waals surface area contributed by atoms with Crippen molar-refractivity contribution in [2.45, 2.75) is 38.2 Å². The van der Waals surface area contributed by atoms with Gasteiger partial charge in [0.05, 0.1) is 53.4 Å². The van der Waals surface area contributed by atoms with Crippen LogP contribution in [0.4, 0.5) is 8.78 Å². The lowest BCUT2D eigenvalue weighted by Crippen LogP contribution is -2.37. The summed E-state index contributed by atoms with van der Waals surface area (Å²) in [5.74, 6) is -0.186. The van der Waals surface area contributed by atoms with Gasteiger partial charge in [0.2, 0.25) is 5.92 Å². The van der Waals surface area contributed by atoms with Gasteiger partial charge in [-0.25, -0.2) is 18.7 Å². The Bertz CT molecular complexity index is 1630. The molecule has 2 aromatic carbocycles. The number of alkyl halides is 2. The number of nitrogens with one attached hydrogen (secondary N) is 1. The summed E-state index contributed by atoms with van der Waals surface area (Å²) in [5, 5.41) is 4.38. The summed E-state index contributed by atoms with van der Waals surface area (Å²) in [5.41, 5.74) is 5.75. The Balaban J connectivity index is 1.23. The van der Waals surface area contributed by atoms with Gasteiger partial charge in [0.1, 0.15) is 17.3 Å². The van der Waals surface area contributed by atoms with Crippen molar-refractivity contribution in [1.82, 2.24) is 29.7 Å². The molecule has 37 heavy (non-hydrogen) atoms. The Kier molecular flexibility index (Phi) is 5.00. The summed E-state index contributed by atoms with van der Waals surface area (Å²) >= 11 is 0. The van der Waals surface area contributed by atoms with Gasteiger partial charge >= 0.3 is 0 Å². The number of rotatable bonds is 6. The van der Waals surface area contributed by atoms with Crippen LogP contribution in [0, 0.1) is 12.8 Å². The number of ether oxygens (including phenoxy) is 2.